The van der Waals surface area contributed by atoms with Crippen molar-refractivity contribution in [2.24, 2.45) is 5.73 Å². The van der Waals surface area contributed by atoms with E-state index in [2.05, 4.69) is 5.32 Å². The number of esters is 1. The lowest BCUT2D eigenvalue weighted by atomic mass is 10.1. The Hall–Kier alpha value is -3.06. The molecule has 0 aliphatic heterocycles. The molecule has 0 saturated heterocycles. The van der Waals surface area contributed by atoms with Crippen LogP contribution in [0.15, 0.2) is 48.5 Å². The third kappa shape index (κ3) is 7.46. The highest BCUT2D eigenvalue weighted by atomic mass is 16.6. The minimum absolute atomic E-state index is 0.0633. The Morgan fingerprint density at radius 1 is 1.07 bits per heavy atom. The fourth-order valence-corrected chi connectivity index (χ4v) is 2.47. The first kappa shape index (κ1) is 22.2. The van der Waals surface area contributed by atoms with Gasteiger partial charge in [0.15, 0.2) is 5.75 Å². The number of benzene rings is 2. The second-order valence-electron chi connectivity index (χ2n) is 7.50. The Bertz CT molecular complexity index is 845. The number of amides is 1. The first-order valence-electron chi connectivity index (χ1n) is 9.37. The normalized spacial score (nSPS) is 12.0. The summed E-state index contributed by atoms with van der Waals surface area (Å²) in [7, 11) is 1.58. The summed E-state index contributed by atoms with van der Waals surface area (Å²) >= 11 is 0. The van der Waals surface area contributed by atoms with E-state index in [1.165, 1.54) is 0 Å². The molecule has 2 aromatic rings. The van der Waals surface area contributed by atoms with E-state index in [0.29, 0.717) is 22.9 Å². The number of nitrogens with two attached hydrogens (primary N) is 1. The highest BCUT2D eigenvalue weighted by Crippen LogP contribution is 2.31. The fourth-order valence-electron chi connectivity index (χ4n) is 2.47. The van der Waals surface area contributed by atoms with E-state index in [-0.39, 0.29) is 18.8 Å². The minimum atomic E-state index is -0.854. The number of carbonyl (C=O) groups is 2. The van der Waals surface area contributed by atoms with Gasteiger partial charge in [0, 0.05) is 12.5 Å². The Balaban J connectivity index is 1.98. The molecule has 2 rings (SSSR count). The van der Waals surface area contributed by atoms with Gasteiger partial charge in [0.1, 0.15) is 17.1 Å². The van der Waals surface area contributed by atoms with Gasteiger partial charge in [0.05, 0.1) is 18.8 Å². The zero-order valence-corrected chi connectivity index (χ0v) is 17.2. The summed E-state index contributed by atoms with van der Waals surface area (Å²) in [5.41, 5.74) is 5.85. The van der Waals surface area contributed by atoms with Crippen LogP contribution in [-0.4, -0.2) is 30.6 Å². The van der Waals surface area contributed by atoms with Crippen molar-refractivity contribution in [2.75, 3.05) is 12.4 Å². The van der Waals surface area contributed by atoms with Gasteiger partial charge in [-0.15, -0.1) is 0 Å². The molecule has 0 radical (unpaired) electrons. The molecule has 0 aromatic heterocycles. The molecule has 0 spiro atoms. The molecule has 7 nitrogen and oxygen atoms in total. The van der Waals surface area contributed by atoms with Crippen molar-refractivity contribution >= 4 is 17.6 Å². The average molecular weight is 400 g/mol. The van der Waals surface area contributed by atoms with Gasteiger partial charge in [0.25, 0.3) is 0 Å². The Kier molecular flexibility index (Phi) is 7.61. The van der Waals surface area contributed by atoms with Crippen molar-refractivity contribution in [1.82, 2.24) is 0 Å². The molecule has 2 aromatic carbocycles. The summed E-state index contributed by atoms with van der Waals surface area (Å²) in [6.07, 6.45) is 0.244. The molecule has 0 aliphatic carbocycles. The number of hydrogen-bond acceptors (Lipinski definition) is 6. The third-order valence-electron chi connectivity index (χ3n) is 3.83. The smallest absolute Gasteiger partial charge is 0.306 e. The van der Waals surface area contributed by atoms with Crippen LogP contribution in [0.5, 0.6) is 17.2 Å². The first-order valence-corrected chi connectivity index (χ1v) is 9.37. The number of nitrogens with one attached hydrogen (secondary N) is 1. The summed E-state index contributed by atoms with van der Waals surface area (Å²) in [5, 5.41) is 2.76. The van der Waals surface area contributed by atoms with Crippen LogP contribution in [0.3, 0.4) is 0 Å². The zero-order valence-electron chi connectivity index (χ0n) is 17.2. The predicted octanol–water partition coefficient (Wildman–Crippen LogP) is 3.88. The lowest BCUT2D eigenvalue weighted by Gasteiger charge is -2.20. The van der Waals surface area contributed by atoms with Crippen molar-refractivity contribution in [2.45, 2.75) is 45.3 Å². The molecule has 0 unspecified atom stereocenters. The zero-order chi connectivity index (χ0) is 21.4. The Morgan fingerprint density at radius 3 is 2.45 bits per heavy atom. The van der Waals surface area contributed by atoms with Crippen molar-refractivity contribution in [3.63, 3.8) is 0 Å². The molecule has 0 bridgehead atoms. The van der Waals surface area contributed by atoms with Crippen molar-refractivity contribution in [3.8, 4) is 17.2 Å². The van der Waals surface area contributed by atoms with E-state index in [1.807, 2.05) is 12.1 Å². The number of hydrogen-bond donors (Lipinski definition) is 2. The Morgan fingerprint density at radius 2 is 1.76 bits per heavy atom. The summed E-state index contributed by atoms with van der Waals surface area (Å²) < 4.78 is 16.3. The fraction of sp³-hybridized carbons (Fsp3) is 0.364. The number of ether oxygens (including phenoxy) is 3. The molecule has 1 amide bonds. The predicted molar refractivity (Wildman–Crippen MR) is 111 cm³/mol. The minimum Gasteiger partial charge on any atom is -0.497 e. The monoisotopic (exact) mass is 400 g/mol. The number of para-hydroxylation sites is 2. The molecule has 156 valence electrons. The van der Waals surface area contributed by atoms with Crippen LogP contribution in [0.1, 0.15) is 33.6 Å². The van der Waals surface area contributed by atoms with Crippen molar-refractivity contribution in [1.29, 1.82) is 0 Å². The summed E-state index contributed by atoms with van der Waals surface area (Å²) in [6, 6.07) is 13.3. The maximum Gasteiger partial charge on any atom is 0.306 e. The Labute approximate surface area is 171 Å². The summed E-state index contributed by atoms with van der Waals surface area (Å²) in [6.45, 7) is 5.37. The lowest BCUT2D eigenvalue weighted by Crippen LogP contribution is -2.36. The average Bonchev–Trinajstić information content (AvgIpc) is 2.66. The SMILES string of the molecule is COc1cccc(Oc2ccccc2NC(=O)[C@@H](N)CCC(=O)OC(C)(C)C)c1. The highest BCUT2D eigenvalue weighted by Gasteiger charge is 2.20. The quantitative estimate of drug-likeness (QED) is 0.653. The molecular weight excluding hydrogens is 372 g/mol. The van der Waals surface area contributed by atoms with Crippen molar-refractivity contribution < 1.29 is 23.8 Å². The van der Waals surface area contributed by atoms with E-state index in [9.17, 15) is 9.59 Å². The lowest BCUT2D eigenvalue weighted by molar-refractivity contribution is -0.155. The number of carbonyl (C=O) groups excluding carboxylic acids is 2. The van der Waals surface area contributed by atoms with Gasteiger partial charge in [0.2, 0.25) is 5.91 Å². The molecule has 0 fully saturated rings. The number of rotatable bonds is 8. The van der Waals surface area contributed by atoms with Gasteiger partial charge in [-0.25, -0.2) is 0 Å². The van der Waals surface area contributed by atoms with Crippen molar-refractivity contribution in [3.05, 3.63) is 48.5 Å². The van der Waals surface area contributed by atoms with Gasteiger partial charge < -0.3 is 25.3 Å². The molecule has 0 heterocycles. The molecule has 0 aliphatic rings. The van der Waals surface area contributed by atoms with E-state index in [4.69, 9.17) is 19.9 Å². The summed E-state index contributed by atoms with van der Waals surface area (Å²) in [5.74, 6) is 0.902. The van der Waals surface area contributed by atoms with Gasteiger partial charge in [-0.3, -0.25) is 9.59 Å². The summed E-state index contributed by atoms with van der Waals surface area (Å²) in [4.78, 5) is 24.3. The third-order valence-corrected chi connectivity index (χ3v) is 3.83. The molecular formula is C22H28N2O5. The van der Waals surface area contributed by atoms with Crippen LogP contribution in [0.25, 0.3) is 0 Å². The van der Waals surface area contributed by atoms with Gasteiger partial charge in [-0.1, -0.05) is 18.2 Å². The number of anilines is 1. The van der Waals surface area contributed by atoms with Gasteiger partial charge >= 0.3 is 5.97 Å². The van der Waals surface area contributed by atoms with E-state index in [1.54, 1.807) is 64.3 Å². The van der Waals surface area contributed by atoms with Crippen LogP contribution in [-0.2, 0) is 14.3 Å². The topological polar surface area (TPSA) is 99.9 Å². The van der Waals surface area contributed by atoms with Crippen LogP contribution in [0, 0.1) is 0 Å². The van der Waals surface area contributed by atoms with Crippen LogP contribution in [0.2, 0.25) is 0 Å². The molecule has 1 atom stereocenters. The maximum absolute atomic E-state index is 12.5. The van der Waals surface area contributed by atoms with E-state index < -0.39 is 17.6 Å². The van der Waals surface area contributed by atoms with Crippen LogP contribution < -0.4 is 20.5 Å². The largest absolute Gasteiger partial charge is 0.497 e. The molecule has 7 heteroatoms. The van der Waals surface area contributed by atoms with Gasteiger partial charge in [-0.05, 0) is 51.5 Å². The second-order valence-corrected chi connectivity index (χ2v) is 7.50. The molecule has 3 N–H and O–H groups in total. The molecule has 29 heavy (non-hydrogen) atoms. The standard InChI is InChI=1S/C22H28N2O5/c1-22(2,3)29-20(25)13-12-17(23)21(26)24-18-10-5-6-11-19(18)28-16-9-7-8-15(14-16)27-4/h5-11,14,17H,12-13,23H2,1-4H3,(H,24,26)/t17-/m0/s1. The van der Waals surface area contributed by atoms with Gasteiger partial charge in [-0.2, -0.15) is 0 Å². The van der Waals surface area contributed by atoms with Crippen LogP contribution in [0.4, 0.5) is 5.69 Å². The maximum atomic E-state index is 12.5. The highest BCUT2D eigenvalue weighted by molar-refractivity contribution is 5.96. The molecule has 0 saturated carbocycles. The second kappa shape index (κ2) is 9.93. The van der Waals surface area contributed by atoms with E-state index >= 15 is 0 Å². The van der Waals surface area contributed by atoms with Crippen LogP contribution >= 0.6 is 0 Å². The number of methoxy groups -OCH3 is 1. The first-order chi connectivity index (χ1) is 13.7. The van der Waals surface area contributed by atoms with E-state index in [0.717, 1.165) is 0 Å².